The molecular formula is C6H8N2O. The summed E-state index contributed by atoms with van der Waals surface area (Å²) in [5.74, 6) is -0.132. The van der Waals surface area contributed by atoms with Gasteiger partial charge in [-0.15, -0.1) is 0 Å². The normalized spacial score (nSPS) is 16.3. The van der Waals surface area contributed by atoms with Gasteiger partial charge < -0.3 is 10.2 Å². The highest BCUT2D eigenvalue weighted by molar-refractivity contribution is 5.79. The van der Waals surface area contributed by atoms with Crippen molar-refractivity contribution in [2.24, 2.45) is 0 Å². The van der Waals surface area contributed by atoms with E-state index in [9.17, 15) is 4.79 Å². The van der Waals surface area contributed by atoms with Crippen molar-refractivity contribution >= 4 is 5.91 Å². The Morgan fingerprint density at radius 2 is 2.44 bits per heavy atom. The summed E-state index contributed by atoms with van der Waals surface area (Å²) in [6.07, 6.45) is 2.17. The molecule has 0 aromatic heterocycles. The summed E-state index contributed by atoms with van der Waals surface area (Å²) in [6, 6.07) is 0.388. The molecule has 0 unspecified atom stereocenters. The summed E-state index contributed by atoms with van der Waals surface area (Å²) in [5, 5.41) is 2.70. The smallest absolute Gasteiger partial charge is 0.300 e. The van der Waals surface area contributed by atoms with Gasteiger partial charge in [0, 0.05) is 6.04 Å². The topological polar surface area (TPSA) is 33.5 Å². The van der Waals surface area contributed by atoms with Crippen LogP contribution in [0, 0.1) is 6.57 Å². The van der Waals surface area contributed by atoms with Crippen LogP contribution < -0.4 is 5.32 Å². The van der Waals surface area contributed by atoms with Gasteiger partial charge in [0.25, 0.3) is 12.5 Å². The lowest BCUT2D eigenvalue weighted by atomic mass is 10.5. The van der Waals surface area contributed by atoms with Gasteiger partial charge in [-0.25, -0.2) is 6.57 Å². The van der Waals surface area contributed by atoms with Crippen LogP contribution in [0.1, 0.15) is 12.8 Å². The van der Waals surface area contributed by atoms with E-state index in [4.69, 9.17) is 6.57 Å². The molecule has 3 heteroatoms. The number of nitrogens with one attached hydrogen (secondary N) is 1. The second-order valence-corrected chi connectivity index (χ2v) is 2.16. The van der Waals surface area contributed by atoms with Gasteiger partial charge in [0.05, 0.1) is 0 Å². The number of hydrogen-bond donors (Lipinski definition) is 1. The zero-order chi connectivity index (χ0) is 6.69. The Morgan fingerprint density at radius 1 is 1.78 bits per heavy atom. The Morgan fingerprint density at radius 3 is 2.89 bits per heavy atom. The summed E-state index contributed by atoms with van der Waals surface area (Å²) in [7, 11) is 0. The minimum absolute atomic E-state index is 0.0174. The highest BCUT2D eigenvalue weighted by Crippen LogP contribution is 2.18. The first kappa shape index (κ1) is 6.09. The van der Waals surface area contributed by atoms with Crippen LogP contribution in [-0.4, -0.2) is 18.5 Å². The first-order valence-electron chi connectivity index (χ1n) is 2.95. The molecule has 0 spiro atoms. The molecule has 3 nitrogen and oxygen atoms in total. The maximum atomic E-state index is 10.6. The van der Waals surface area contributed by atoms with Gasteiger partial charge in [-0.05, 0) is 12.8 Å². The van der Waals surface area contributed by atoms with Crippen LogP contribution in [0.4, 0.5) is 0 Å². The Kier molecular flexibility index (Phi) is 1.69. The molecule has 1 saturated carbocycles. The third-order valence-electron chi connectivity index (χ3n) is 1.17. The SMILES string of the molecule is [C-]#[N+]CC(=O)NC1CC1. The Hall–Kier alpha value is -1.04. The van der Waals surface area contributed by atoms with E-state index in [2.05, 4.69) is 10.2 Å². The van der Waals surface area contributed by atoms with E-state index in [0.717, 1.165) is 12.8 Å². The maximum Gasteiger partial charge on any atom is 0.300 e. The van der Waals surface area contributed by atoms with Crippen molar-refractivity contribution in [2.45, 2.75) is 18.9 Å². The molecule has 0 aliphatic heterocycles. The van der Waals surface area contributed by atoms with Crippen LogP contribution in [0.25, 0.3) is 4.85 Å². The Balaban J connectivity index is 2.11. The highest BCUT2D eigenvalue weighted by atomic mass is 16.1. The highest BCUT2D eigenvalue weighted by Gasteiger charge is 2.23. The lowest BCUT2D eigenvalue weighted by Crippen LogP contribution is -2.26. The fourth-order valence-corrected chi connectivity index (χ4v) is 0.573. The van der Waals surface area contributed by atoms with Crippen molar-refractivity contribution in [2.75, 3.05) is 6.54 Å². The molecule has 1 rings (SSSR count). The maximum absolute atomic E-state index is 10.6. The van der Waals surface area contributed by atoms with E-state index in [1.165, 1.54) is 0 Å². The molecule has 0 aromatic rings. The minimum Gasteiger partial charge on any atom is -0.347 e. The second kappa shape index (κ2) is 2.49. The summed E-state index contributed by atoms with van der Waals surface area (Å²) < 4.78 is 0. The van der Waals surface area contributed by atoms with Crippen molar-refractivity contribution in [3.63, 3.8) is 0 Å². The summed E-state index contributed by atoms with van der Waals surface area (Å²) in [5.41, 5.74) is 0. The van der Waals surface area contributed by atoms with Crippen molar-refractivity contribution < 1.29 is 4.79 Å². The number of carbonyl (C=O) groups excluding carboxylic acids is 1. The van der Waals surface area contributed by atoms with Crippen LogP contribution in [-0.2, 0) is 4.79 Å². The van der Waals surface area contributed by atoms with E-state index >= 15 is 0 Å². The van der Waals surface area contributed by atoms with Gasteiger partial charge in [-0.1, -0.05) is 0 Å². The van der Waals surface area contributed by atoms with Crippen LogP contribution in [0.15, 0.2) is 0 Å². The van der Waals surface area contributed by atoms with Crippen LogP contribution >= 0.6 is 0 Å². The van der Waals surface area contributed by atoms with Crippen LogP contribution in [0.2, 0.25) is 0 Å². The summed E-state index contributed by atoms with van der Waals surface area (Å²) in [6.45, 7) is 6.34. The van der Waals surface area contributed by atoms with Gasteiger partial charge in [0.1, 0.15) is 0 Å². The van der Waals surface area contributed by atoms with Gasteiger partial charge in [-0.3, -0.25) is 4.79 Å². The van der Waals surface area contributed by atoms with E-state index in [1.807, 2.05) is 0 Å². The number of nitrogens with zero attached hydrogens (tertiary/aromatic N) is 1. The molecule has 1 N–H and O–H groups in total. The lowest BCUT2D eigenvalue weighted by molar-refractivity contribution is -0.119. The van der Waals surface area contributed by atoms with Crippen molar-refractivity contribution in [1.82, 2.24) is 5.32 Å². The molecule has 0 aromatic carbocycles. The van der Waals surface area contributed by atoms with E-state index in [1.54, 1.807) is 0 Å². The van der Waals surface area contributed by atoms with Crippen LogP contribution in [0.3, 0.4) is 0 Å². The predicted octanol–water partition coefficient (Wildman–Crippen LogP) is 0.184. The molecule has 0 heterocycles. The fourth-order valence-electron chi connectivity index (χ4n) is 0.573. The Labute approximate surface area is 53.9 Å². The van der Waals surface area contributed by atoms with E-state index in [0.29, 0.717) is 6.04 Å². The quantitative estimate of drug-likeness (QED) is 0.523. The third kappa shape index (κ3) is 2.13. The van der Waals surface area contributed by atoms with Gasteiger partial charge in [0.2, 0.25) is 0 Å². The molecule has 0 saturated heterocycles. The largest absolute Gasteiger partial charge is 0.347 e. The number of rotatable bonds is 2. The van der Waals surface area contributed by atoms with Crippen molar-refractivity contribution in [3.8, 4) is 0 Å². The molecule has 1 amide bonds. The monoisotopic (exact) mass is 124 g/mol. The zero-order valence-electron chi connectivity index (χ0n) is 5.05. The van der Waals surface area contributed by atoms with Crippen molar-refractivity contribution in [1.29, 1.82) is 0 Å². The molecule has 1 fully saturated rings. The predicted molar refractivity (Wildman–Crippen MR) is 32.6 cm³/mol. The van der Waals surface area contributed by atoms with Crippen LogP contribution in [0.5, 0.6) is 0 Å². The third-order valence-corrected chi connectivity index (χ3v) is 1.17. The summed E-state index contributed by atoms with van der Waals surface area (Å²) in [4.78, 5) is 13.5. The van der Waals surface area contributed by atoms with E-state index < -0.39 is 0 Å². The molecule has 1 aliphatic rings. The number of carbonyl (C=O) groups is 1. The second-order valence-electron chi connectivity index (χ2n) is 2.16. The Bertz CT molecular complexity index is 155. The minimum atomic E-state index is -0.132. The molecule has 0 bridgehead atoms. The molecule has 48 valence electrons. The van der Waals surface area contributed by atoms with E-state index in [-0.39, 0.29) is 12.5 Å². The zero-order valence-corrected chi connectivity index (χ0v) is 5.05. The first-order valence-corrected chi connectivity index (χ1v) is 2.95. The van der Waals surface area contributed by atoms with Gasteiger partial charge in [-0.2, -0.15) is 0 Å². The number of amides is 1. The average molecular weight is 124 g/mol. The standard InChI is InChI=1S/C6H8N2O/c1-7-4-6(9)8-5-2-3-5/h5H,2-4H2,(H,8,9). The summed E-state index contributed by atoms with van der Waals surface area (Å²) >= 11 is 0. The van der Waals surface area contributed by atoms with Crippen molar-refractivity contribution in [3.05, 3.63) is 11.4 Å². The molecule has 0 atom stereocenters. The van der Waals surface area contributed by atoms with Gasteiger partial charge >= 0.3 is 0 Å². The number of hydrogen-bond acceptors (Lipinski definition) is 1. The lowest BCUT2D eigenvalue weighted by Gasteiger charge is -1.93. The first-order chi connectivity index (χ1) is 4.33. The molecule has 1 aliphatic carbocycles. The average Bonchev–Trinajstić information content (AvgIpc) is 2.50. The fraction of sp³-hybridized carbons (Fsp3) is 0.667. The van der Waals surface area contributed by atoms with Gasteiger partial charge in [0.15, 0.2) is 0 Å². The molecule has 9 heavy (non-hydrogen) atoms. The molecular weight excluding hydrogens is 116 g/mol. The molecule has 0 radical (unpaired) electrons.